The van der Waals surface area contributed by atoms with Crippen LogP contribution in [0.2, 0.25) is 0 Å². The number of aromatic nitrogens is 4. The van der Waals surface area contributed by atoms with Gasteiger partial charge in [-0.25, -0.2) is 0 Å². The first-order valence-electron chi connectivity index (χ1n) is 4.45. The molecule has 0 bridgehead atoms. The molecule has 2 aromatic rings. The predicted octanol–water partition coefficient (Wildman–Crippen LogP) is 1.87. The summed E-state index contributed by atoms with van der Waals surface area (Å²) in [6.07, 6.45) is 0. The van der Waals surface area contributed by atoms with Crippen molar-refractivity contribution in [3.05, 3.63) is 26.6 Å². The van der Waals surface area contributed by atoms with E-state index in [1.54, 1.807) is 11.3 Å². The zero-order valence-electron chi connectivity index (χ0n) is 8.07. The van der Waals surface area contributed by atoms with Crippen molar-refractivity contribution < 1.29 is 0 Å². The molecule has 15 heavy (non-hydrogen) atoms. The number of hydrogen-bond donors (Lipinski definition) is 2. The molecule has 1 unspecified atom stereocenters. The van der Waals surface area contributed by atoms with Gasteiger partial charge in [0.2, 0.25) is 0 Å². The second kappa shape index (κ2) is 4.82. The third kappa shape index (κ3) is 2.83. The van der Waals surface area contributed by atoms with Gasteiger partial charge in [-0.1, -0.05) is 5.21 Å². The summed E-state index contributed by atoms with van der Waals surface area (Å²) in [7, 11) is 0. The van der Waals surface area contributed by atoms with Gasteiger partial charge >= 0.3 is 0 Å². The van der Waals surface area contributed by atoms with Crippen LogP contribution >= 0.6 is 27.3 Å². The number of tetrazole rings is 1. The molecule has 0 aliphatic heterocycles. The molecule has 0 fully saturated rings. The predicted molar refractivity (Wildman–Crippen MR) is 61.5 cm³/mol. The van der Waals surface area contributed by atoms with E-state index in [1.165, 1.54) is 4.88 Å². The van der Waals surface area contributed by atoms with E-state index < -0.39 is 0 Å². The zero-order chi connectivity index (χ0) is 10.7. The molecule has 2 heterocycles. The first-order chi connectivity index (χ1) is 7.25. The molecule has 0 aliphatic rings. The Morgan fingerprint density at radius 1 is 1.67 bits per heavy atom. The van der Waals surface area contributed by atoms with E-state index in [4.69, 9.17) is 0 Å². The van der Waals surface area contributed by atoms with Gasteiger partial charge in [0.15, 0.2) is 5.82 Å². The van der Waals surface area contributed by atoms with Crippen molar-refractivity contribution in [2.75, 3.05) is 0 Å². The topological polar surface area (TPSA) is 66.5 Å². The van der Waals surface area contributed by atoms with Gasteiger partial charge in [-0.15, -0.1) is 21.5 Å². The molecule has 0 aliphatic carbocycles. The Kier molecular flexibility index (Phi) is 3.45. The van der Waals surface area contributed by atoms with E-state index in [9.17, 15) is 0 Å². The maximum absolute atomic E-state index is 3.87. The van der Waals surface area contributed by atoms with Crippen molar-refractivity contribution in [2.24, 2.45) is 0 Å². The van der Waals surface area contributed by atoms with Crippen LogP contribution in [0.5, 0.6) is 0 Å². The average molecular weight is 288 g/mol. The quantitative estimate of drug-likeness (QED) is 0.901. The number of halogens is 1. The number of nitrogens with one attached hydrogen (secondary N) is 2. The van der Waals surface area contributed by atoms with Gasteiger partial charge in [-0.3, -0.25) is 0 Å². The summed E-state index contributed by atoms with van der Waals surface area (Å²) in [6.45, 7) is 2.73. The number of H-pyrrole nitrogens is 1. The Morgan fingerprint density at radius 2 is 2.53 bits per heavy atom. The lowest BCUT2D eigenvalue weighted by Crippen LogP contribution is -2.18. The smallest absolute Gasteiger partial charge is 0.188 e. The van der Waals surface area contributed by atoms with Gasteiger partial charge < -0.3 is 5.32 Å². The van der Waals surface area contributed by atoms with Crippen molar-refractivity contribution >= 4 is 27.3 Å². The van der Waals surface area contributed by atoms with Crippen LogP contribution in [-0.2, 0) is 6.54 Å². The van der Waals surface area contributed by atoms with Crippen LogP contribution in [-0.4, -0.2) is 20.6 Å². The van der Waals surface area contributed by atoms with Crippen LogP contribution < -0.4 is 5.32 Å². The van der Waals surface area contributed by atoms with Crippen LogP contribution in [0.4, 0.5) is 0 Å². The summed E-state index contributed by atoms with van der Waals surface area (Å²) in [5, 5.41) is 19.1. The van der Waals surface area contributed by atoms with E-state index in [1.807, 2.05) is 0 Å². The Labute approximate surface area is 99.4 Å². The number of hydrogen-bond acceptors (Lipinski definition) is 5. The summed E-state index contributed by atoms with van der Waals surface area (Å²) in [6, 6.07) is 2.40. The van der Waals surface area contributed by atoms with E-state index in [2.05, 4.69) is 60.2 Å². The number of thiophene rings is 1. The minimum absolute atomic E-state index is 0.291. The Bertz CT molecular complexity index is 412. The molecule has 80 valence electrons. The molecule has 5 nitrogen and oxygen atoms in total. The average Bonchev–Trinajstić information content (AvgIpc) is 2.84. The highest BCUT2D eigenvalue weighted by atomic mass is 79.9. The summed E-state index contributed by atoms with van der Waals surface area (Å²) in [5.41, 5.74) is 0. The second-order valence-electron chi connectivity index (χ2n) is 3.10. The van der Waals surface area contributed by atoms with E-state index in [-0.39, 0.29) is 0 Å². The summed E-state index contributed by atoms with van der Waals surface area (Å²) < 4.78 is 1.12. The third-order valence-corrected chi connectivity index (χ3v) is 3.85. The summed E-state index contributed by atoms with van der Waals surface area (Å²) in [5.74, 6) is 0.678. The van der Waals surface area contributed by atoms with Crippen molar-refractivity contribution in [3.63, 3.8) is 0 Å². The molecule has 0 amide bonds. The molecule has 2 N–H and O–H groups in total. The van der Waals surface area contributed by atoms with Crippen LogP contribution in [0.15, 0.2) is 15.9 Å². The van der Waals surface area contributed by atoms with Gasteiger partial charge in [-0.2, -0.15) is 5.21 Å². The SMILES string of the molecule is CC(NCc1nn[nH]n1)c1cc(Br)cs1. The van der Waals surface area contributed by atoms with Crippen LogP contribution in [0.3, 0.4) is 0 Å². The van der Waals surface area contributed by atoms with E-state index >= 15 is 0 Å². The molecule has 2 rings (SSSR count). The third-order valence-electron chi connectivity index (χ3n) is 1.97. The van der Waals surface area contributed by atoms with Gasteiger partial charge in [0.1, 0.15) is 0 Å². The number of nitrogens with zero attached hydrogens (tertiary/aromatic N) is 3. The lowest BCUT2D eigenvalue weighted by atomic mass is 10.3. The van der Waals surface area contributed by atoms with Crippen LogP contribution in [0.1, 0.15) is 23.7 Å². The first kappa shape index (κ1) is 10.7. The first-order valence-corrected chi connectivity index (χ1v) is 6.12. The Balaban J connectivity index is 1.90. The zero-order valence-corrected chi connectivity index (χ0v) is 10.5. The number of aromatic amines is 1. The van der Waals surface area contributed by atoms with Crippen LogP contribution in [0, 0.1) is 0 Å². The molecule has 0 saturated carbocycles. The number of rotatable bonds is 4. The highest BCUT2D eigenvalue weighted by molar-refractivity contribution is 9.10. The normalized spacial score (nSPS) is 12.9. The maximum atomic E-state index is 3.87. The van der Waals surface area contributed by atoms with E-state index in [0.29, 0.717) is 18.4 Å². The Morgan fingerprint density at radius 3 is 3.13 bits per heavy atom. The molecule has 0 saturated heterocycles. The molecule has 2 aromatic heterocycles. The minimum atomic E-state index is 0.291. The monoisotopic (exact) mass is 287 g/mol. The maximum Gasteiger partial charge on any atom is 0.188 e. The highest BCUT2D eigenvalue weighted by Crippen LogP contribution is 2.25. The molecular weight excluding hydrogens is 278 g/mol. The fourth-order valence-corrected chi connectivity index (χ4v) is 2.64. The van der Waals surface area contributed by atoms with Gasteiger partial charge in [0, 0.05) is 20.8 Å². The lowest BCUT2D eigenvalue weighted by molar-refractivity contribution is 0.567. The molecule has 0 radical (unpaired) electrons. The highest BCUT2D eigenvalue weighted by Gasteiger charge is 2.08. The molecule has 1 atom stereocenters. The van der Waals surface area contributed by atoms with Gasteiger partial charge in [0.25, 0.3) is 0 Å². The minimum Gasteiger partial charge on any atom is -0.302 e. The van der Waals surface area contributed by atoms with E-state index in [0.717, 1.165) is 4.47 Å². The van der Waals surface area contributed by atoms with Crippen molar-refractivity contribution in [1.29, 1.82) is 0 Å². The largest absolute Gasteiger partial charge is 0.302 e. The van der Waals surface area contributed by atoms with Crippen molar-refractivity contribution in [2.45, 2.75) is 19.5 Å². The van der Waals surface area contributed by atoms with Crippen molar-refractivity contribution in [3.8, 4) is 0 Å². The Hall–Kier alpha value is -0.790. The summed E-state index contributed by atoms with van der Waals surface area (Å²) >= 11 is 5.15. The molecular formula is C8H10BrN5S. The van der Waals surface area contributed by atoms with Crippen LogP contribution in [0.25, 0.3) is 0 Å². The van der Waals surface area contributed by atoms with Gasteiger partial charge in [-0.05, 0) is 28.9 Å². The molecule has 0 spiro atoms. The molecule has 7 heteroatoms. The fraction of sp³-hybridized carbons (Fsp3) is 0.375. The summed E-state index contributed by atoms with van der Waals surface area (Å²) in [4.78, 5) is 1.28. The standard InChI is InChI=1S/C8H10BrN5S/c1-5(7-2-6(9)4-15-7)10-3-8-11-13-14-12-8/h2,4-5,10H,3H2,1H3,(H,11,12,13,14). The second-order valence-corrected chi connectivity index (χ2v) is 4.96. The van der Waals surface area contributed by atoms with Crippen molar-refractivity contribution in [1.82, 2.24) is 25.9 Å². The lowest BCUT2D eigenvalue weighted by Gasteiger charge is -2.09. The molecule has 0 aromatic carbocycles. The van der Waals surface area contributed by atoms with Gasteiger partial charge in [0.05, 0.1) is 6.54 Å². The fourth-order valence-electron chi connectivity index (χ4n) is 1.16.